The second-order valence-electron chi connectivity index (χ2n) is 7.04. The van der Waals surface area contributed by atoms with Gasteiger partial charge in [-0.2, -0.15) is 5.10 Å². The summed E-state index contributed by atoms with van der Waals surface area (Å²) >= 11 is 0. The topological polar surface area (TPSA) is 99.0 Å². The molecule has 152 valence electrons. The molecule has 1 aliphatic heterocycles. The summed E-state index contributed by atoms with van der Waals surface area (Å²) in [6, 6.07) is 13.4. The van der Waals surface area contributed by atoms with E-state index >= 15 is 0 Å². The third-order valence-corrected chi connectivity index (χ3v) is 6.63. The van der Waals surface area contributed by atoms with E-state index in [9.17, 15) is 8.42 Å². The summed E-state index contributed by atoms with van der Waals surface area (Å²) in [4.78, 5) is 0.171. The number of hydrogen-bond acceptors (Lipinski definition) is 6. The van der Waals surface area contributed by atoms with E-state index in [2.05, 4.69) is 20.0 Å². The van der Waals surface area contributed by atoms with Crippen molar-refractivity contribution in [2.75, 3.05) is 13.2 Å². The van der Waals surface area contributed by atoms with Crippen LogP contribution in [-0.4, -0.2) is 47.7 Å². The molecule has 0 aliphatic carbocycles. The van der Waals surface area contributed by atoms with Crippen molar-refractivity contribution in [1.29, 1.82) is 0 Å². The van der Waals surface area contributed by atoms with Gasteiger partial charge in [0.25, 0.3) is 0 Å². The lowest BCUT2D eigenvalue weighted by molar-refractivity contribution is 0.114. The molecule has 1 atom stereocenters. The standard InChI is InChI=1S/C20H23N5O3S/c1-14-20(29(26,27)21-13-17-9-6-12-28-17)15(2)25(24-14)19-11-10-18(22-23-19)16-7-4-3-5-8-16/h3-5,7-8,10-11,17,21H,6,9,12-13H2,1-2H3. The molecule has 0 amide bonds. The van der Waals surface area contributed by atoms with Gasteiger partial charge >= 0.3 is 0 Å². The number of nitrogens with zero attached hydrogens (tertiary/aromatic N) is 4. The van der Waals surface area contributed by atoms with Crippen LogP contribution in [0.15, 0.2) is 47.4 Å². The molecule has 29 heavy (non-hydrogen) atoms. The van der Waals surface area contributed by atoms with Crippen LogP contribution in [-0.2, 0) is 14.8 Å². The van der Waals surface area contributed by atoms with Crippen LogP contribution in [0.1, 0.15) is 24.2 Å². The fourth-order valence-corrected chi connectivity index (χ4v) is 4.98. The van der Waals surface area contributed by atoms with E-state index in [0.717, 1.165) is 24.1 Å². The van der Waals surface area contributed by atoms with Crippen LogP contribution >= 0.6 is 0 Å². The van der Waals surface area contributed by atoms with Crippen molar-refractivity contribution in [2.24, 2.45) is 0 Å². The highest BCUT2D eigenvalue weighted by atomic mass is 32.2. The molecule has 4 rings (SSSR count). The second-order valence-corrected chi connectivity index (χ2v) is 8.75. The Morgan fingerprint density at radius 1 is 1.14 bits per heavy atom. The molecule has 1 saturated heterocycles. The molecule has 0 radical (unpaired) electrons. The van der Waals surface area contributed by atoms with Gasteiger partial charge in [-0.3, -0.25) is 0 Å². The molecular weight excluding hydrogens is 390 g/mol. The maximum absolute atomic E-state index is 12.9. The fourth-order valence-electron chi connectivity index (χ4n) is 3.52. The van der Waals surface area contributed by atoms with Crippen LogP contribution < -0.4 is 4.72 Å². The number of sulfonamides is 1. The lowest BCUT2D eigenvalue weighted by atomic mass is 10.1. The van der Waals surface area contributed by atoms with Gasteiger partial charge in [0, 0.05) is 18.7 Å². The Morgan fingerprint density at radius 3 is 2.59 bits per heavy atom. The zero-order valence-electron chi connectivity index (χ0n) is 16.4. The summed E-state index contributed by atoms with van der Waals surface area (Å²) in [6.45, 7) is 4.33. The van der Waals surface area contributed by atoms with E-state index < -0.39 is 10.0 Å². The van der Waals surface area contributed by atoms with Crippen molar-refractivity contribution >= 4 is 10.0 Å². The van der Waals surface area contributed by atoms with Crippen LogP contribution in [0, 0.1) is 13.8 Å². The minimum Gasteiger partial charge on any atom is -0.377 e. The van der Waals surface area contributed by atoms with Crippen molar-refractivity contribution in [1.82, 2.24) is 24.7 Å². The highest BCUT2D eigenvalue weighted by Crippen LogP contribution is 2.23. The van der Waals surface area contributed by atoms with E-state index in [4.69, 9.17) is 4.74 Å². The Morgan fingerprint density at radius 2 is 1.93 bits per heavy atom. The van der Waals surface area contributed by atoms with Crippen molar-refractivity contribution in [3.63, 3.8) is 0 Å². The van der Waals surface area contributed by atoms with Crippen LogP contribution in [0.3, 0.4) is 0 Å². The van der Waals surface area contributed by atoms with Gasteiger partial charge in [-0.05, 0) is 38.8 Å². The van der Waals surface area contributed by atoms with E-state index in [1.54, 1.807) is 19.9 Å². The van der Waals surface area contributed by atoms with Gasteiger partial charge in [0.2, 0.25) is 10.0 Å². The summed E-state index contributed by atoms with van der Waals surface area (Å²) in [5.41, 5.74) is 2.60. The van der Waals surface area contributed by atoms with Gasteiger partial charge < -0.3 is 4.74 Å². The number of hydrogen-bond donors (Lipinski definition) is 1. The van der Waals surface area contributed by atoms with Gasteiger partial charge in [0.1, 0.15) is 4.90 Å². The molecule has 1 aromatic carbocycles. The molecule has 1 N–H and O–H groups in total. The third kappa shape index (κ3) is 4.07. The van der Waals surface area contributed by atoms with E-state index in [1.807, 2.05) is 36.4 Å². The van der Waals surface area contributed by atoms with Gasteiger partial charge in [-0.15, -0.1) is 10.2 Å². The van der Waals surface area contributed by atoms with Crippen molar-refractivity contribution < 1.29 is 13.2 Å². The van der Waals surface area contributed by atoms with Crippen LogP contribution in [0.4, 0.5) is 0 Å². The van der Waals surface area contributed by atoms with E-state index in [1.165, 1.54) is 4.68 Å². The first kappa shape index (κ1) is 19.7. The van der Waals surface area contributed by atoms with Crippen LogP contribution in [0.2, 0.25) is 0 Å². The Balaban J connectivity index is 1.59. The maximum atomic E-state index is 12.9. The highest BCUT2D eigenvalue weighted by molar-refractivity contribution is 7.89. The molecule has 2 aromatic heterocycles. The molecule has 0 spiro atoms. The smallest absolute Gasteiger partial charge is 0.244 e. The molecule has 0 saturated carbocycles. The van der Waals surface area contributed by atoms with Gasteiger partial charge in [0.05, 0.1) is 23.2 Å². The monoisotopic (exact) mass is 413 g/mol. The Kier molecular flexibility index (Phi) is 5.44. The Labute approximate surface area is 170 Å². The Hall–Kier alpha value is -2.62. The SMILES string of the molecule is Cc1nn(-c2ccc(-c3ccccc3)nn2)c(C)c1S(=O)(=O)NCC1CCCO1. The minimum atomic E-state index is -3.71. The molecule has 0 bridgehead atoms. The van der Waals surface area contributed by atoms with Crippen LogP contribution in [0.5, 0.6) is 0 Å². The van der Waals surface area contributed by atoms with E-state index in [0.29, 0.717) is 23.8 Å². The number of benzene rings is 1. The van der Waals surface area contributed by atoms with Gasteiger partial charge in [-0.1, -0.05) is 30.3 Å². The summed E-state index contributed by atoms with van der Waals surface area (Å²) in [5.74, 6) is 0.464. The van der Waals surface area contributed by atoms with Gasteiger partial charge in [-0.25, -0.2) is 17.8 Å². The molecule has 3 aromatic rings. The average molecular weight is 414 g/mol. The number of ether oxygens (including phenoxy) is 1. The summed E-state index contributed by atoms with van der Waals surface area (Å²) in [6.07, 6.45) is 1.75. The quantitative estimate of drug-likeness (QED) is 0.666. The predicted molar refractivity (Wildman–Crippen MR) is 108 cm³/mol. The lowest BCUT2D eigenvalue weighted by Gasteiger charge is -2.11. The molecule has 8 nitrogen and oxygen atoms in total. The normalized spacial score (nSPS) is 17.0. The van der Waals surface area contributed by atoms with E-state index in [-0.39, 0.29) is 17.5 Å². The first-order valence-corrected chi connectivity index (χ1v) is 11.0. The summed E-state index contributed by atoms with van der Waals surface area (Å²) < 4.78 is 35.4. The number of aromatic nitrogens is 4. The zero-order valence-corrected chi connectivity index (χ0v) is 17.2. The molecular formula is C20H23N5O3S. The van der Waals surface area contributed by atoms with Crippen molar-refractivity contribution in [2.45, 2.75) is 37.7 Å². The minimum absolute atomic E-state index is 0.0724. The fraction of sp³-hybridized carbons (Fsp3) is 0.350. The second kappa shape index (κ2) is 8.02. The molecule has 3 heterocycles. The first-order valence-electron chi connectivity index (χ1n) is 9.53. The maximum Gasteiger partial charge on any atom is 0.244 e. The molecule has 1 fully saturated rings. The molecule has 1 unspecified atom stereocenters. The molecule has 1 aliphatic rings. The average Bonchev–Trinajstić information content (AvgIpc) is 3.35. The zero-order chi connectivity index (χ0) is 20.4. The Bertz CT molecular complexity index is 1090. The molecule has 9 heteroatoms. The third-order valence-electron chi connectivity index (χ3n) is 4.96. The van der Waals surface area contributed by atoms with Crippen molar-refractivity contribution in [3.05, 3.63) is 53.9 Å². The predicted octanol–water partition coefficient (Wildman–Crippen LogP) is 2.40. The van der Waals surface area contributed by atoms with Crippen molar-refractivity contribution in [3.8, 4) is 17.1 Å². The van der Waals surface area contributed by atoms with Gasteiger partial charge in [0.15, 0.2) is 5.82 Å². The number of rotatable bonds is 6. The highest BCUT2D eigenvalue weighted by Gasteiger charge is 2.27. The summed E-state index contributed by atoms with van der Waals surface area (Å²) in [5, 5.41) is 12.9. The number of aryl methyl sites for hydroxylation is 1. The van der Waals surface area contributed by atoms with Crippen LogP contribution in [0.25, 0.3) is 17.1 Å². The first-order chi connectivity index (χ1) is 14.0. The summed E-state index contributed by atoms with van der Waals surface area (Å²) in [7, 11) is -3.71. The number of nitrogens with one attached hydrogen (secondary N) is 1. The largest absolute Gasteiger partial charge is 0.377 e. The lowest BCUT2D eigenvalue weighted by Crippen LogP contribution is -2.32.